The smallest absolute Gasteiger partial charge is 0.231 e. The summed E-state index contributed by atoms with van der Waals surface area (Å²) in [5.74, 6) is 0.143. The number of carbonyl (C=O) groups excluding carboxylic acids is 1. The number of aromatic nitrogens is 3. The maximum Gasteiger partial charge on any atom is 0.231 e. The summed E-state index contributed by atoms with van der Waals surface area (Å²) in [6.07, 6.45) is 3.78. The van der Waals surface area contributed by atoms with Gasteiger partial charge in [-0.1, -0.05) is 29.4 Å². The van der Waals surface area contributed by atoms with Gasteiger partial charge in [-0.15, -0.1) is 0 Å². The molecule has 4 rings (SSSR count). The Morgan fingerprint density at radius 1 is 1.12 bits per heavy atom. The van der Waals surface area contributed by atoms with Gasteiger partial charge in [0.2, 0.25) is 11.8 Å². The minimum atomic E-state index is -0.163. The molecule has 0 atom stereocenters. The van der Waals surface area contributed by atoms with Gasteiger partial charge in [-0.3, -0.25) is 15.1 Å². The summed E-state index contributed by atoms with van der Waals surface area (Å²) < 4.78 is 5.17. The summed E-state index contributed by atoms with van der Waals surface area (Å²) in [5.41, 5.74) is 3.22. The second kappa shape index (κ2) is 6.00. The predicted molar refractivity (Wildman–Crippen MR) is 90.4 cm³/mol. The van der Waals surface area contributed by atoms with E-state index in [2.05, 4.69) is 20.4 Å². The van der Waals surface area contributed by atoms with Crippen LogP contribution in [0.5, 0.6) is 0 Å². The summed E-state index contributed by atoms with van der Waals surface area (Å²) in [6, 6.07) is 15.1. The highest BCUT2D eigenvalue weighted by Gasteiger charge is 2.12. The van der Waals surface area contributed by atoms with E-state index in [4.69, 9.17) is 4.52 Å². The number of anilines is 1. The molecule has 0 fully saturated rings. The molecule has 3 aromatic heterocycles. The van der Waals surface area contributed by atoms with Crippen molar-refractivity contribution in [3.05, 3.63) is 66.5 Å². The van der Waals surface area contributed by atoms with Gasteiger partial charge in [0.15, 0.2) is 0 Å². The molecule has 0 radical (unpaired) electrons. The lowest BCUT2D eigenvalue weighted by Crippen LogP contribution is -2.13. The molecule has 0 aliphatic carbocycles. The van der Waals surface area contributed by atoms with E-state index in [1.54, 1.807) is 12.3 Å². The first kappa shape index (κ1) is 14.2. The Hall–Kier alpha value is -3.41. The van der Waals surface area contributed by atoms with Crippen LogP contribution in [-0.4, -0.2) is 21.0 Å². The number of rotatable bonds is 4. The Labute approximate surface area is 137 Å². The zero-order valence-electron chi connectivity index (χ0n) is 12.7. The number of fused-ring (bicyclic) bond motifs is 1. The first-order valence-electron chi connectivity index (χ1n) is 7.52. The molecule has 24 heavy (non-hydrogen) atoms. The molecule has 4 aromatic rings. The van der Waals surface area contributed by atoms with Crippen molar-refractivity contribution in [1.29, 1.82) is 0 Å². The standard InChI is InChI=1S/C18H14N4O2/c23-17(9-12-11-20-14-6-2-1-5-13(12)14)21-18-10-16(22-24-18)15-7-3-4-8-19-15/h1-8,10-11,20H,9H2,(H,21,23). The van der Waals surface area contributed by atoms with Crippen molar-refractivity contribution in [2.24, 2.45) is 0 Å². The van der Waals surface area contributed by atoms with Crippen LogP contribution in [0.25, 0.3) is 22.3 Å². The molecular formula is C18H14N4O2. The summed E-state index contributed by atoms with van der Waals surface area (Å²) in [7, 11) is 0. The van der Waals surface area contributed by atoms with E-state index in [1.165, 1.54) is 0 Å². The number of carbonyl (C=O) groups is 1. The summed E-state index contributed by atoms with van der Waals surface area (Å²) in [5, 5.41) is 7.69. The molecule has 6 nitrogen and oxygen atoms in total. The van der Waals surface area contributed by atoms with Crippen LogP contribution in [0.15, 0.2) is 65.4 Å². The number of aromatic amines is 1. The number of para-hydroxylation sites is 1. The second-order valence-electron chi connectivity index (χ2n) is 5.38. The minimum absolute atomic E-state index is 0.163. The van der Waals surface area contributed by atoms with E-state index in [0.717, 1.165) is 16.5 Å². The van der Waals surface area contributed by atoms with Gasteiger partial charge in [0, 0.05) is 29.4 Å². The maximum absolute atomic E-state index is 12.2. The molecule has 3 heterocycles. The molecule has 2 N–H and O–H groups in total. The van der Waals surface area contributed by atoms with Gasteiger partial charge in [-0.25, -0.2) is 0 Å². The molecule has 1 amide bonds. The topological polar surface area (TPSA) is 83.8 Å². The highest BCUT2D eigenvalue weighted by molar-refractivity contribution is 5.95. The maximum atomic E-state index is 12.2. The first-order valence-corrected chi connectivity index (χ1v) is 7.52. The molecular weight excluding hydrogens is 304 g/mol. The molecule has 0 aliphatic rings. The Balaban J connectivity index is 1.48. The lowest BCUT2D eigenvalue weighted by atomic mass is 10.1. The van der Waals surface area contributed by atoms with Crippen LogP contribution in [0, 0.1) is 0 Å². The van der Waals surface area contributed by atoms with E-state index in [0.29, 0.717) is 17.3 Å². The third-order valence-electron chi connectivity index (χ3n) is 3.73. The van der Waals surface area contributed by atoms with Gasteiger partial charge < -0.3 is 9.51 Å². The lowest BCUT2D eigenvalue weighted by molar-refractivity contribution is -0.115. The number of hydrogen-bond donors (Lipinski definition) is 2. The van der Waals surface area contributed by atoms with E-state index in [-0.39, 0.29) is 12.3 Å². The molecule has 1 aromatic carbocycles. The van der Waals surface area contributed by atoms with Gasteiger partial charge in [0.25, 0.3) is 0 Å². The zero-order valence-corrected chi connectivity index (χ0v) is 12.7. The molecule has 6 heteroatoms. The Bertz CT molecular complexity index is 988. The third-order valence-corrected chi connectivity index (χ3v) is 3.73. The number of benzene rings is 1. The summed E-state index contributed by atoms with van der Waals surface area (Å²) in [6.45, 7) is 0. The van der Waals surface area contributed by atoms with Crippen molar-refractivity contribution >= 4 is 22.7 Å². The molecule has 0 spiro atoms. The van der Waals surface area contributed by atoms with Gasteiger partial charge in [0.05, 0.1) is 12.1 Å². The quantitative estimate of drug-likeness (QED) is 0.604. The number of nitrogens with one attached hydrogen (secondary N) is 2. The Kier molecular flexibility index (Phi) is 3.55. The summed E-state index contributed by atoms with van der Waals surface area (Å²) in [4.78, 5) is 19.6. The third kappa shape index (κ3) is 2.77. The van der Waals surface area contributed by atoms with Crippen LogP contribution >= 0.6 is 0 Å². The normalized spacial score (nSPS) is 10.8. The molecule has 0 saturated heterocycles. The van der Waals surface area contributed by atoms with Crippen LogP contribution in [0.4, 0.5) is 5.88 Å². The van der Waals surface area contributed by atoms with E-state index < -0.39 is 0 Å². The number of nitrogens with zero attached hydrogens (tertiary/aromatic N) is 2. The highest BCUT2D eigenvalue weighted by Crippen LogP contribution is 2.21. The van der Waals surface area contributed by atoms with Crippen LogP contribution in [-0.2, 0) is 11.2 Å². The fraction of sp³-hybridized carbons (Fsp3) is 0.0556. The fourth-order valence-electron chi connectivity index (χ4n) is 2.60. The van der Waals surface area contributed by atoms with Crippen LogP contribution < -0.4 is 5.32 Å². The molecule has 0 aliphatic heterocycles. The number of H-pyrrole nitrogens is 1. The number of amides is 1. The predicted octanol–water partition coefficient (Wildman–Crippen LogP) is 3.40. The fourth-order valence-corrected chi connectivity index (χ4v) is 2.60. The van der Waals surface area contributed by atoms with Crippen molar-refractivity contribution < 1.29 is 9.32 Å². The van der Waals surface area contributed by atoms with Gasteiger partial charge >= 0.3 is 0 Å². The van der Waals surface area contributed by atoms with E-state index in [9.17, 15) is 4.79 Å². The van der Waals surface area contributed by atoms with Gasteiger partial charge in [-0.2, -0.15) is 0 Å². The molecule has 0 unspecified atom stereocenters. The van der Waals surface area contributed by atoms with Crippen molar-refractivity contribution in [2.75, 3.05) is 5.32 Å². The summed E-state index contributed by atoms with van der Waals surface area (Å²) >= 11 is 0. The van der Waals surface area contributed by atoms with Crippen LogP contribution in [0.1, 0.15) is 5.56 Å². The Morgan fingerprint density at radius 3 is 2.88 bits per heavy atom. The first-order chi connectivity index (χ1) is 11.8. The minimum Gasteiger partial charge on any atom is -0.361 e. The number of pyridine rings is 1. The average Bonchev–Trinajstić information content (AvgIpc) is 3.23. The van der Waals surface area contributed by atoms with Gasteiger partial charge in [-0.05, 0) is 23.8 Å². The largest absolute Gasteiger partial charge is 0.361 e. The average molecular weight is 318 g/mol. The number of hydrogen-bond acceptors (Lipinski definition) is 4. The van der Waals surface area contributed by atoms with E-state index in [1.807, 2.05) is 48.7 Å². The van der Waals surface area contributed by atoms with Crippen LogP contribution in [0.2, 0.25) is 0 Å². The van der Waals surface area contributed by atoms with E-state index >= 15 is 0 Å². The highest BCUT2D eigenvalue weighted by atomic mass is 16.5. The molecule has 118 valence electrons. The zero-order chi connectivity index (χ0) is 16.4. The van der Waals surface area contributed by atoms with Crippen LogP contribution in [0.3, 0.4) is 0 Å². The SMILES string of the molecule is O=C(Cc1c[nH]c2ccccc12)Nc1cc(-c2ccccn2)no1. The lowest BCUT2D eigenvalue weighted by Gasteiger charge is -2.00. The van der Waals surface area contributed by atoms with Crippen molar-refractivity contribution in [1.82, 2.24) is 15.1 Å². The molecule has 0 bridgehead atoms. The molecule has 0 saturated carbocycles. The monoisotopic (exact) mass is 318 g/mol. The van der Waals surface area contributed by atoms with Crippen molar-refractivity contribution in [2.45, 2.75) is 6.42 Å². The van der Waals surface area contributed by atoms with Crippen molar-refractivity contribution in [3.63, 3.8) is 0 Å². The Morgan fingerprint density at radius 2 is 2.00 bits per heavy atom. The van der Waals surface area contributed by atoms with Gasteiger partial charge in [0.1, 0.15) is 5.69 Å². The second-order valence-corrected chi connectivity index (χ2v) is 5.38. The van der Waals surface area contributed by atoms with Crippen molar-refractivity contribution in [3.8, 4) is 11.4 Å².